The molecule has 3 aromatic heterocycles. The number of hydrogen-bond donors (Lipinski definition) is 1. The maximum absolute atomic E-state index is 13.4. The van der Waals surface area contributed by atoms with E-state index in [9.17, 15) is 4.39 Å². The van der Waals surface area contributed by atoms with E-state index in [1.54, 1.807) is 29.2 Å². The number of rotatable bonds is 3. The van der Waals surface area contributed by atoms with Gasteiger partial charge in [-0.2, -0.15) is 5.10 Å². The molecule has 4 aromatic rings. The van der Waals surface area contributed by atoms with Gasteiger partial charge in [-0.3, -0.25) is 4.98 Å². The number of benzene rings is 1. The molecule has 7 heteroatoms. The average Bonchev–Trinajstić information content (AvgIpc) is 3.15. The van der Waals surface area contributed by atoms with Crippen LogP contribution in [-0.4, -0.2) is 19.6 Å². The minimum atomic E-state index is -0.343. The molecule has 0 aliphatic carbocycles. The lowest BCUT2D eigenvalue weighted by Crippen LogP contribution is -2.12. The van der Waals surface area contributed by atoms with Crippen LogP contribution in [0.4, 0.5) is 4.39 Å². The summed E-state index contributed by atoms with van der Waals surface area (Å²) in [4.78, 5) is 9.07. The highest BCUT2D eigenvalue weighted by Crippen LogP contribution is 2.28. The van der Waals surface area contributed by atoms with Crippen LogP contribution < -0.4 is 5.73 Å². The highest BCUT2D eigenvalue weighted by molar-refractivity contribution is 7.16. The molecule has 0 amide bonds. The molecular weight excluding hydrogens is 313 g/mol. The van der Waals surface area contributed by atoms with Crippen molar-refractivity contribution >= 4 is 16.3 Å². The number of nitrogens with two attached hydrogens (primary N) is 1. The molecule has 2 N–H and O–H groups in total. The van der Waals surface area contributed by atoms with Crippen LogP contribution in [0, 0.1) is 5.82 Å². The third kappa shape index (κ3) is 2.49. The van der Waals surface area contributed by atoms with Crippen molar-refractivity contribution in [2.75, 3.05) is 0 Å². The Morgan fingerprint density at radius 1 is 1.17 bits per heavy atom. The zero-order chi connectivity index (χ0) is 15.8. The predicted octanol–water partition coefficient (Wildman–Crippen LogP) is 3.04. The van der Waals surface area contributed by atoms with Gasteiger partial charge < -0.3 is 5.73 Å². The highest BCUT2D eigenvalue weighted by Gasteiger charge is 2.17. The number of aromatic nitrogens is 4. The first-order chi connectivity index (χ1) is 11.2. The summed E-state index contributed by atoms with van der Waals surface area (Å²) < 4.78 is 15.1. The Hall–Kier alpha value is -2.64. The first-order valence-corrected chi connectivity index (χ1v) is 7.80. The standard InChI is InChI=1S/C16H12FN5S/c17-12-3-1-2-11(8-12)13-9-20-16-22(13)21-15(23-16)14(18)10-4-6-19-7-5-10/h1-9,14H,18H2. The Balaban J connectivity index is 1.78. The maximum Gasteiger partial charge on any atom is 0.212 e. The maximum atomic E-state index is 13.4. The van der Waals surface area contributed by atoms with E-state index in [1.807, 2.05) is 18.2 Å². The number of halogens is 1. The molecular formula is C16H12FN5S. The molecule has 1 aromatic carbocycles. The van der Waals surface area contributed by atoms with Gasteiger partial charge in [0.25, 0.3) is 0 Å². The molecule has 3 heterocycles. The zero-order valence-electron chi connectivity index (χ0n) is 11.9. The van der Waals surface area contributed by atoms with Crippen molar-refractivity contribution in [1.82, 2.24) is 19.6 Å². The van der Waals surface area contributed by atoms with E-state index in [0.29, 0.717) is 0 Å². The number of pyridine rings is 1. The smallest absolute Gasteiger partial charge is 0.212 e. The second kappa shape index (κ2) is 5.53. The molecule has 0 aliphatic heterocycles. The van der Waals surface area contributed by atoms with E-state index >= 15 is 0 Å². The SMILES string of the molecule is NC(c1ccncc1)c1nn2c(-c3cccc(F)c3)cnc2s1. The molecule has 0 spiro atoms. The number of fused-ring (bicyclic) bond motifs is 1. The molecule has 114 valence electrons. The van der Waals surface area contributed by atoms with Gasteiger partial charge in [-0.05, 0) is 29.8 Å². The Morgan fingerprint density at radius 2 is 2.00 bits per heavy atom. The van der Waals surface area contributed by atoms with Gasteiger partial charge in [0.2, 0.25) is 4.96 Å². The van der Waals surface area contributed by atoms with Crippen LogP contribution in [-0.2, 0) is 0 Å². The summed E-state index contributed by atoms with van der Waals surface area (Å²) in [5.41, 5.74) is 8.67. The molecule has 0 bridgehead atoms. The van der Waals surface area contributed by atoms with Crippen LogP contribution in [0.25, 0.3) is 16.2 Å². The fourth-order valence-electron chi connectivity index (χ4n) is 2.39. The van der Waals surface area contributed by atoms with E-state index in [-0.39, 0.29) is 11.9 Å². The number of imidazole rings is 1. The topological polar surface area (TPSA) is 69.1 Å². The van der Waals surface area contributed by atoms with Crippen LogP contribution in [0.3, 0.4) is 0 Å². The first-order valence-electron chi connectivity index (χ1n) is 6.98. The summed E-state index contributed by atoms with van der Waals surface area (Å²) >= 11 is 1.42. The van der Waals surface area contributed by atoms with Gasteiger partial charge in [0, 0.05) is 18.0 Å². The molecule has 1 unspecified atom stereocenters. The van der Waals surface area contributed by atoms with Crippen molar-refractivity contribution in [2.45, 2.75) is 6.04 Å². The largest absolute Gasteiger partial charge is 0.318 e. The van der Waals surface area contributed by atoms with Crippen LogP contribution >= 0.6 is 11.3 Å². The summed E-state index contributed by atoms with van der Waals surface area (Å²) in [7, 11) is 0. The summed E-state index contributed by atoms with van der Waals surface area (Å²) in [6.45, 7) is 0. The predicted molar refractivity (Wildman–Crippen MR) is 86.5 cm³/mol. The summed E-state index contributed by atoms with van der Waals surface area (Å²) in [6, 6.07) is 9.75. The summed E-state index contributed by atoms with van der Waals surface area (Å²) in [5, 5.41) is 5.31. The average molecular weight is 325 g/mol. The van der Waals surface area contributed by atoms with Crippen LogP contribution in [0.15, 0.2) is 55.0 Å². The van der Waals surface area contributed by atoms with Crippen molar-refractivity contribution in [1.29, 1.82) is 0 Å². The van der Waals surface area contributed by atoms with Gasteiger partial charge in [-0.1, -0.05) is 23.5 Å². The van der Waals surface area contributed by atoms with E-state index in [1.165, 1.54) is 23.5 Å². The lowest BCUT2D eigenvalue weighted by molar-refractivity contribution is 0.628. The van der Waals surface area contributed by atoms with Gasteiger partial charge >= 0.3 is 0 Å². The van der Waals surface area contributed by atoms with Gasteiger partial charge in [0.1, 0.15) is 10.8 Å². The van der Waals surface area contributed by atoms with Crippen LogP contribution in [0.1, 0.15) is 16.6 Å². The number of hydrogen-bond acceptors (Lipinski definition) is 5. The van der Waals surface area contributed by atoms with Crippen molar-refractivity contribution in [3.63, 3.8) is 0 Å². The zero-order valence-corrected chi connectivity index (χ0v) is 12.7. The molecule has 0 aliphatic rings. The summed E-state index contributed by atoms with van der Waals surface area (Å²) in [5.74, 6) is -0.290. The second-order valence-electron chi connectivity index (χ2n) is 5.05. The third-order valence-corrected chi connectivity index (χ3v) is 4.56. The monoisotopic (exact) mass is 325 g/mol. The minimum absolute atomic E-state index is 0.290. The van der Waals surface area contributed by atoms with E-state index in [4.69, 9.17) is 5.73 Å². The van der Waals surface area contributed by atoms with Crippen molar-refractivity contribution in [2.24, 2.45) is 5.73 Å². The molecule has 0 fully saturated rings. The second-order valence-corrected chi connectivity index (χ2v) is 6.03. The molecule has 0 saturated carbocycles. The molecule has 4 rings (SSSR count). The van der Waals surface area contributed by atoms with Gasteiger partial charge in [-0.15, -0.1) is 0 Å². The summed E-state index contributed by atoms with van der Waals surface area (Å²) in [6.07, 6.45) is 5.09. The number of nitrogens with zero attached hydrogens (tertiary/aromatic N) is 4. The van der Waals surface area contributed by atoms with Crippen molar-refractivity contribution < 1.29 is 4.39 Å². The van der Waals surface area contributed by atoms with Gasteiger partial charge in [0.05, 0.1) is 17.9 Å². The normalized spacial score (nSPS) is 12.6. The van der Waals surface area contributed by atoms with Crippen LogP contribution in [0.2, 0.25) is 0 Å². The van der Waals surface area contributed by atoms with Crippen LogP contribution in [0.5, 0.6) is 0 Å². The molecule has 1 atom stereocenters. The molecule has 0 saturated heterocycles. The van der Waals surface area contributed by atoms with E-state index < -0.39 is 0 Å². The Morgan fingerprint density at radius 3 is 2.78 bits per heavy atom. The van der Waals surface area contributed by atoms with E-state index in [0.717, 1.165) is 26.8 Å². The Labute approximate surface area is 135 Å². The van der Waals surface area contributed by atoms with Crippen molar-refractivity contribution in [3.05, 3.63) is 71.4 Å². The fourth-order valence-corrected chi connectivity index (χ4v) is 3.29. The van der Waals surface area contributed by atoms with E-state index in [2.05, 4.69) is 15.1 Å². The molecule has 5 nitrogen and oxygen atoms in total. The quantitative estimate of drug-likeness (QED) is 0.628. The first kappa shape index (κ1) is 14.0. The molecule has 0 radical (unpaired) electrons. The Bertz CT molecular complexity index is 963. The van der Waals surface area contributed by atoms with Gasteiger partial charge in [0.15, 0.2) is 0 Å². The third-order valence-electron chi connectivity index (χ3n) is 3.55. The minimum Gasteiger partial charge on any atom is -0.318 e. The van der Waals surface area contributed by atoms with Crippen molar-refractivity contribution in [3.8, 4) is 11.3 Å². The lowest BCUT2D eigenvalue weighted by atomic mass is 10.1. The Kier molecular flexibility index (Phi) is 3.36. The fraction of sp³-hybridized carbons (Fsp3) is 0.0625. The molecule has 23 heavy (non-hydrogen) atoms. The van der Waals surface area contributed by atoms with Gasteiger partial charge in [-0.25, -0.2) is 13.9 Å². The highest BCUT2D eigenvalue weighted by atomic mass is 32.1. The lowest BCUT2D eigenvalue weighted by Gasteiger charge is -2.07.